The first-order valence-corrected chi connectivity index (χ1v) is 8.49. The molecule has 2 rings (SSSR count). The van der Waals surface area contributed by atoms with Crippen molar-refractivity contribution in [3.63, 3.8) is 0 Å². The van der Waals surface area contributed by atoms with E-state index < -0.39 is 24.7 Å². The lowest BCUT2D eigenvalue weighted by atomic mass is 9.92. The molecular weight excluding hydrogens is 323 g/mol. The average Bonchev–Trinajstić information content (AvgIpc) is 2.79. The lowest BCUT2D eigenvalue weighted by Gasteiger charge is -2.39. The van der Waals surface area contributed by atoms with Crippen LogP contribution in [0.4, 0.5) is 13.2 Å². The zero-order chi connectivity index (χ0) is 18.1. The second-order valence-electron chi connectivity index (χ2n) is 7.19. The van der Waals surface area contributed by atoms with Crippen molar-refractivity contribution in [2.75, 3.05) is 26.2 Å². The van der Waals surface area contributed by atoms with Crippen LogP contribution in [0.25, 0.3) is 0 Å². The highest BCUT2D eigenvalue weighted by molar-refractivity contribution is 5.84. The maximum Gasteiger partial charge on any atom is 0.406 e. The maximum absolute atomic E-state index is 12.5. The average molecular weight is 349 g/mol. The van der Waals surface area contributed by atoms with E-state index in [9.17, 15) is 22.8 Å². The summed E-state index contributed by atoms with van der Waals surface area (Å²) in [5, 5.41) is 3.23. The predicted molar refractivity (Wildman–Crippen MR) is 83.2 cm³/mol. The molecular formula is C16H26F3N3O2. The minimum absolute atomic E-state index is 0.0426. The van der Waals surface area contributed by atoms with Gasteiger partial charge in [0, 0.05) is 31.6 Å². The molecule has 8 heteroatoms. The Morgan fingerprint density at radius 2 is 1.96 bits per heavy atom. The summed E-state index contributed by atoms with van der Waals surface area (Å²) in [6, 6.07) is -0.506. The monoisotopic (exact) mass is 349 g/mol. The van der Waals surface area contributed by atoms with Gasteiger partial charge in [0.15, 0.2) is 0 Å². The number of likely N-dealkylation sites (tertiary alicyclic amines) is 2. The quantitative estimate of drug-likeness (QED) is 0.839. The van der Waals surface area contributed by atoms with Gasteiger partial charge in [-0.2, -0.15) is 13.2 Å². The highest BCUT2D eigenvalue weighted by atomic mass is 19.4. The fourth-order valence-electron chi connectivity index (χ4n) is 3.48. The van der Waals surface area contributed by atoms with Crippen molar-refractivity contribution in [3.8, 4) is 0 Å². The fourth-order valence-corrected chi connectivity index (χ4v) is 3.48. The second kappa shape index (κ2) is 7.29. The summed E-state index contributed by atoms with van der Waals surface area (Å²) in [5.74, 6) is -0.242. The number of hydrogen-bond acceptors (Lipinski definition) is 3. The molecule has 1 N–H and O–H groups in total. The van der Waals surface area contributed by atoms with Crippen molar-refractivity contribution in [2.45, 2.75) is 51.9 Å². The Morgan fingerprint density at radius 1 is 1.29 bits per heavy atom. The van der Waals surface area contributed by atoms with Gasteiger partial charge in [0.1, 0.15) is 6.54 Å². The summed E-state index contributed by atoms with van der Waals surface area (Å²) in [4.78, 5) is 26.9. The fraction of sp³-hybridized carbons (Fsp3) is 0.875. The van der Waals surface area contributed by atoms with Gasteiger partial charge in [0.2, 0.25) is 11.8 Å². The van der Waals surface area contributed by atoms with Gasteiger partial charge in [-0.1, -0.05) is 20.8 Å². The molecule has 0 bridgehead atoms. The number of rotatable bonds is 4. The Labute approximate surface area is 140 Å². The van der Waals surface area contributed by atoms with Gasteiger partial charge in [-0.25, -0.2) is 0 Å². The van der Waals surface area contributed by atoms with Crippen LogP contribution in [0.15, 0.2) is 0 Å². The Morgan fingerprint density at radius 3 is 2.50 bits per heavy atom. The van der Waals surface area contributed by atoms with Crippen LogP contribution in [-0.4, -0.2) is 66.1 Å². The van der Waals surface area contributed by atoms with E-state index in [0.29, 0.717) is 25.9 Å². The molecule has 0 unspecified atom stereocenters. The van der Waals surface area contributed by atoms with Gasteiger partial charge < -0.3 is 15.1 Å². The van der Waals surface area contributed by atoms with E-state index in [1.54, 1.807) is 0 Å². The summed E-state index contributed by atoms with van der Waals surface area (Å²) >= 11 is 0. The molecule has 0 aromatic carbocycles. The molecule has 2 saturated heterocycles. The van der Waals surface area contributed by atoms with Crippen molar-refractivity contribution in [2.24, 2.45) is 11.8 Å². The molecule has 24 heavy (non-hydrogen) atoms. The third-order valence-corrected chi connectivity index (χ3v) is 4.79. The summed E-state index contributed by atoms with van der Waals surface area (Å²) in [6.07, 6.45) is -3.25. The molecule has 2 aliphatic rings. The number of nitrogens with zero attached hydrogens (tertiary/aromatic N) is 2. The first-order chi connectivity index (χ1) is 11.1. The van der Waals surface area contributed by atoms with Crippen LogP contribution in [0, 0.1) is 11.8 Å². The standard InChI is InChI=1S/C16H26F3N3O2/c1-10(2)14(23)21-6-4-12(11(3)8-21)20-13-5-7-22(15(13)24)9-16(17,18)19/h10-13,20H,4-9H2,1-3H3/t11-,12+,13-/m1/s1. The Kier molecular flexibility index (Phi) is 5.78. The van der Waals surface area contributed by atoms with Gasteiger partial charge in [-0.05, 0) is 18.8 Å². The number of hydrogen-bond donors (Lipinski definition) is 1. The second-order valence-corrected chi connectivity index (χ2v) is 7.19. The van der Waals surface area contributed by atoms with E-state index >= 15 is 0 Å². The van der Waals surface area contributed by atoms with E-state index in [-0.39, 0.29) is 30.3 Å². The number of nitrogens with one attached hydrogen (secondary N) is 1. The summed E-state index contributed by atoms with van der Waals surface area (Å²) in [7, 11) is 0. The molecule has 138 valence electrons. The van der Waals surface area contributed by atoms with E-state index in [1.165, 1.54) is 0 Å². The largest absolute Gasteiger partial charge is 0.406 e. The Balaban J connectivity index is 1.87. The minimum Gasteiger partial charge on any atom is -0.342 e. The van der Waals surface area contributed by atoms with Crippen molar-refractivity contribution < 1.29 is 22.8 Å². The number of carbonyl (C=O) groups excluding carboxylic acids is 2. The van der Waals surface area contributed by atoms with Crippen LogP contribution in [0.5, 0.6) is 0 Å². The van der Waals surface area contributed by atoms with Gasteiger partial charge in [0.05, 0.1) is 6.04 Å². The molecule has 0 aliphatic carbocycles. The molecule has 2 amide bonds. The zero-order valence-electron chi connectivity index (χ0n) is 14.4. The number of amides is 2. The minimum atomic E-state index is -4.36. The topological polar surface area (TPSA) is 52.7 Å². The molecule has 0 saturated carbocycles. The van der Waals surface area contributed by atoms with E-state index in [1.807, 2.05) is 25.7 Å². The van der Waals surface area contributed by atoms with Gasteiger partial charge in [-0.3, -0.25) is 9.59 Å². The molecule has 0 radical (unpaired) electrons. The lowest BCUT2D eigenvalue weighted by molar-refractivity contribution is -0.158. The number of halogens is 3. The van der Waals surface area contributed by atoms with Crippen LogP contribution in [-0.2, 0) is 9.59 Å². The highest BCUT2D eigenvalue weighted by Crippen LogP contribution is 2.24. The number of piperidine rings is 1. The third-order valence-electron chi connectivity index (χ3n) is 4.79. The lowest BCUT2D eigenvalue weighted by Crippen LogP contribution is -2.54. The molecule has 2 heterocycles. The predicted octanol–water partition coefficient (Wildman–Crippen LogP) is 1.63. The van der Waals surface area contributed by atoms with Gasteiger partial charge in [-0.15, -0.1) is 0 Å². The normalized spacial score (nSPS) is 28.8. The molecule has 0 aromatic rings. The molecule has 5 nitrogen and oxygen atoms in total. The summed E-state index contributed by atoms with van der Waals surface area (Å²) < 4.78 is 37.4. The molecule has 3 atom stereocenters. The number of carbonyl (C=O) groups is 2. The van der Waals surface area contributed by atoms with Gasteiger partial charge in [0.25, 0.3) is 0 Å². The highest BCUT2D eigenvalue weighted by Gasteiger charge is 2.41. The summed E-state index contributed by atoms with van der Waals surface area (Å²) in [5.41, 5.74) is 0. The van der Waals surface area contributed by atoms with E-state index in [2.05, 4.69) is 5.32 Å². The molecule has 2 fully saturated rings. The van der Waals surface area contributed by atoms with E-state index in [0.717, 1.165) is 4.90 Å². The van der Waals surface area contributed by atoms with Crippen LogP contribution in [0.2, 0.25) is 0 Å². The molecule has 0 spiro atoms. The molecule has 2 aliphatic heterocycles. The van der Waals surface area contributed by atoms with Crippen LogP contribution >= 0.6 is 0 Å². The Hall–Kier alpha value is -1.31. The van der Waals surface area contributed by atoms with E-state index in [4.69, 9.17) is 0 Å². The van der Waals surface area contributed by atoms with Crippen molar-refractivity contribution in [1.29, 1.82) is 0 Å². The van der Waals surface area contributed by atoms with Crippen LogP contribution in [0.1, 0.15) is 33.6 Å². The first-order valence-electron chi connectivity index (χ1n) is 8.49. The van der Waals surface area contributed by atoms with Crippen molar-refractivity contribution >= 4 is 11.8 Å². The third kappa shape index (κ3) is 4.62. The van der Waals surface area contributed by atoms with Crippen LogP contribution in [0.3, 0.4) is 0 Å². The smallest absolute Gasteiger partial charge is 0.342 e. The SMILES string of the molecule is CC(C)C(=O)N1CC[C@H](N[C@@H]2CCN(CC(F)(F)F)C2=O)[C@H](C)C1. The van der Waals surface area contributed by atoms with Crippen LogP contribution < -0.4 is 5.32 Å². The maximum atomic E-state index is 12.5. The van der Waals surface area contributed by atoms with Gasteiger partial charge >= 0.3 is 6.18 Å². The van der Waals surface area contributed by atoms with Crippen molar-refractivity contribution in [3.05, 3.63) is 0 Å². The van der Waals surface area contributed by atoms with Crippen molar-refractivity contribution in [1.82, 2.24) is 15.1 Å². The Bertz CT molecular complexity index is 482. The molecule has 0 aromatic heterocycles. The first kappa shape index (κ1) is 19.0. The zero-order valence-corrected chi connectivity index (χ0v) is 14.4. The summed E-state index contributed by atoms with van der Waals surface area (Å²) in [6.45, 7) is 5.92. The number of alkyl halides is 3.